The van der Waals surface area contributed by atoms with E-state index in [-0.39, 0.29) is 42.5 Å². The summed E-state index contributed by atoms with van der Waals surface area (Å²) in [5, 5.41) is 14.0. The van der Waals surface area contributed by atoms with E-state index in [0.717, 1.165) is 5.56 Å². The highest BCUT2D eigenvalue weighted by Crippen LogP contribution is 2.19. The largest absolute Gasteiger partial charge is 0.383 e. The molecular formula is C18H26ClIN6O2. The van der Waals surface area contributed by atoms with Gasteiger partial charge in [-0.3, -0.25) is 14.5 Å². The quantitative estimate of drug-likeness (QED) is 0.202. The number of methoxy groups -OCH3 is 1. The fraction of sp³-hybridized carbons (Fsp3) is 0.389. The highest BCUT2D eigenvalue weighted by Gasteiger charge is 2.15. The molecule has 0 radical (unpaired) electrons. The van der Waals surface area contributed by atoms with Crippen LogP contribution < -0.4 is 16.0 Å². The monoisotopic (exact) mass is 520 g/mol. The van der Waals surface area contributed by atoms with E-state index in [2.05, 4.69) is 26.0 Å². The Labute approximate surface area is 187 Å². The first-order valence-electron chi connectivity index (χ1n) is 8.58. The van der Waals surface area contributed by atoms with Gasteiger partial charge in [-0.2, -0.15) is 5.10 Å². The fourth-order valence-corrected chi connectivity index (χ4v) is 2.57. The Hall–Kier alpha value is -1.85. The zero-order valence-electron chi connectivity index (χ0n) is 15.9. The molecule has 0 spiro atoms. The summed E-state index contributed by atoms with van der Waals surface area (Å²) in [6, 6.07) is 9.47. The van der Waals surface area contributed by atoms with Crippen LogP contribution in [-0.2, 0) is 9.53 Å². The summed E-state index contributed by atoms with van der Waals surface area (Å²) in [6.07, 6.45) is 3.64. The van der Waals surface area contributed by atoms with Gasteiger partial charge in [0.1, 0.15) is 0 Å². The maximum atomic E-state index is 11.8. The molecule has 1 aromatic carbocycles. The SMILES string of the molecule is CN=C(NCC(=O)NCCOC)NCC(c1ccc(Cl)cc1)n1cccn1.I. The summed E-state index contributed by atoms with van der Waals surface area (Å²) < 4.78 is 6.76. The van der Waals surface area contributed by atoms with Crippen LogP contribution in [0.3, 0.4) is 0 Å². The number of hydrogen-bond donors (Lipinski definition) is 3. The summed E-state index contributed by atoms with van der Waals surface area (Å²) in [6.45, 7) is 1.61. The highest BCUT2D eigenvalue weighted by atomic mass is 127. The molecule has 2 aromatic rings. The topological polar surface area (TPSA) is 92.6 Å². The van der Waals surface area contributed by atoms with Gasteiger partial charge >= 0.3 is 0 Å². The molecule has 0 saturated carbocycles. The van der Waals surface area contributed by atoms with Crippen molar-refractivity contribution in [1.82, 2.24) is 25.7 Å². The van der Waals surface area contributed by atoms with Gasteiger partial charge in [-0.05, 0) is 23.8 Å². The molecule has 0 fully saturated rings. The number of guanidine groups is 1. The minimum absolute atomic E-state index is 0. The molecule has 3 N–H and O–H groups in total. The Bertz CT molecular complexity index is 724. The third kappa shape index (κ3) is 8.03. The maximum absolute atomic E-state index is 11.8. The van der Waals surface area contributed by atoms with Gasteiger partial charge in [0, 0.05) is 44.7 Å². The lowest BCUT2D eigenvalue weighted by molar-refractivity contribution is -0.120. The highest BCUT2D eigenvalue weighted by molar-refractivity contribution is 14.0. The smallest absolute Gasteiger partial charge is 0.239 e. The molecule has 8 nitrogen and oxygen atoms in total. The predicted octanol–water partition coefficient (Wildman–Crippen LogP) is 1.67. The number of amides is 1. The van der Waals surface area contributed by atoms with Crippen LogP contribution in [0, 0.1) is 0 Å². The number of aromatic nitrogens is 2. The second-order valence-corrected chi connectivity index (χ2v) is 6.14. The van der Waals surface area contributed by atoms with Gasteiger partial charge in [0.15, 0.2) is 5.96 Å². The predicted molar refractivity (Wildman–Crippen MR) is 121 cm³/mol. The number of ether oxygens (including phenoxy) is 1. The zero-order chi connectivity index (χ0) is 19.5. The molecule has 1 unspecified atom stereocenters. The Balaban J connectivity index is 0.00000392. The molecule has 154 valence electrons. The van der Waals surface area contributed by atoms with Gasteiger partial charge in [0.2, 0.25) is 5.91 Å². The van der Waals surface area contributed by atoms with Crippen LogP contribution in [-0.4, -0.2) is 62.0 Å². The summed E-state index contributed by atoms with van der Waals surface area (Å²) in [5.74, 6) is 0.402. The van der Waals surface area contributed by atoms with Gasteiger partial charge in [0.05, 0.1) is 19.2 Å². The zero-order valence-corrected chi connectivity index (χ0v) is 19.0. The van der Waals surface area contributed by atoms with Crippen molar-refractivity contribution in [1.29, 1.82) is 0 Å². The van der Waals surface area contributed by atoms with Crippen molar-refractivity contribution in [2.75, 3.05) is 40.4 Å². The number of carbonyl (C=O) groups is 1. The maximum Gasteiger partial charge on any atom is 0.239 e. The van der Waals surface area contributed by atoms with E-state index < -0.39 is 0 Å². The Morgan fingerprint density at radius 1 is 1.29 bits per heavy atom. The van der Waals surface area contributed by atoms with Crippen molar-refractivity contribution in [3.05, 3.63) is 53.3 Å². The van der Waals surface area contributed by atoms with E-state index in [1.165, 1.54) is 0 Å². The van der Waals surface area contributed by atoms with Crippen LogP contribution in [0.5, 0.6) is 0 Å². The van der Waals surface area contributed by atoms with Gasteiger partial charge in [-0.1, -0.05) is 23.7 Å². The molecule has 0 aliphatic heterocycles. The van der Waals surface area contributed by atoms with E-state index in [1.54, 1.807) is 20.4 Å². The van der Waals surface area contributed by atoms with Crippen molar-refractivity contribution in [3.8, 4) is 0 Å². The van der Waals surface area contributed by atoms with Gasteiger partial charge in [-0.25, -0.2) is 0 Å². The summed E-state index contributed by atoms with van der Waals surface area (Å²) in [7, 11) is 3.25. The van der Waals surface area contributed by atoms with E-state index in [4.69, 9.17) is 16.3 Å². The molecule has 2 rings (SSSR count). The van der Waals surface area contributed by atoms with Crippen LogP contribution in [0.4, 0.5) is 0 Å². The van der Waals surface area contributed by atoms with Crippen LogP contribution >= 0.6 is 35.6 Å². The minimum atomic E-state index is -0.128. The van der Waals surface area contributed by atoms with Crippen molar-refractivity contribution < 1.29 is 9.53 Å². The molecule has 28 heavy (non-hydrogen) atoms. The normalized spacial score (nSPS) is 12.0. The molecule has 0 saturated heterocycles. The fourth-order valence-electron chi connectivity index (χ4n) is 2.45. The van der Waals surface area contributed by atoms with E-state index in [1.807, 2.05) is 41.2 Å². The molecule has 10 heteroatoms. The lowest BCUT2D eigenvalue weighted by Crippen LogP contribution is -2.45. The molecule has 1 amide bonds. The molecule has 0 aliphatic rings. The second-order valence-electron chi connectivity index (χ2n) is 5.70. The number of nitrogens with one attached hydrogen (secondary N) is 3. The van der Waals surface area contributed by atoms with Crippen LogP contribution in [0.25, 0.3) is 0 Å². The second kappa shape index (κ2) is 13.3. The summed E-state index contributed by atoms with van der Waals surface area (Å²) in [5.41, 5.74) is 1.06. The average molecular weight is 521 g/mol. The number of carbonyl (C=O) groups excluding carboxylic acids is 1. The standard InChI is InChI=1S/C18H25ClN6O2.HI/c1-20-18(23-13-17(26)21-9-11-27-2)22-12-16(25-10-3-8-24-25)14-4-6-15(19)7-5-14;/h3-8,10,16H,9,11-13H2,1-2H3,(H,21,26)(H2,20,22,23);1H. The average Bonchev–Trinajstić information content (AvgIpc) is 3.20. The van der Waals surface area contributed by atoms with E-state index in [9.17, 15) is 4.79 Å². The van der Waals surface area contributed by atoms with E-state index in [0.29, 0.717) is 30.7 Å². The molecule has 1 heterocycles. The molecule has 0 aliphatic carbocycles. The number of rotatable bonds is 9. The van der Waals surface area contributed by atoms with Crippen LogP contribution in [0.1, 0.15) is 11.6 Å². The lowest BCUT2D eigenvalue weighted by atomic mass is 10.1. The van der Waals surface area contributed by atoms with Crippen molar-refractivity contribution in [2.45, 2.75) is 6.04 Å². The number of aliphatic imine (C=N–C) groups is 1. The van der Waals surface area contributed by atoms with Crippen molar-refractivity contribution in [2.24, 2.45) is 4.99 Å². The van der Waals surface area contributed by atoms with Crippen molar-refractivity contribution >= 4 is 47.4 Å². The van der Waals surface area contributed by atoms with Crippen molar-refractivity contribution in [3.63, 3.8) is 0 Å². The Kier molecular flexibility index (Phi) is 11.5. The molecule has 1 aromatic heterocycles. The van der Waals surface area contributed by atoms with Gasteiger partial charge in [0.25, 0.3) is 0 Å². The molecular weight excluding hydrogens is 495 g/mol. The molecule has 0 bridgehead atoms. The molecule has 1 atom stereocenters. The third-order valence-electron chi connectivity index (χ3n) is 3.83. The van der Waals surface area contributed by atoms with Crippen LogP contribution in [0.15, 0.2) is 47.7 Å². The summed E-state index contributed by atoms with van der Waals surface area (Å²) in [4.78, 5) is 15.9. The first kappa shape index (κ1) is 24.2. The third-order valence-corrected chi connectivity index (χ3v) is 4.08. The number of hydrogen-bond acceptors (Lipinski definition) is 4. The van der Waals surface area contributed by atoms with Gasteiger partial charge < -0.3 is 20.7 Å². The Morgan fingerprint density at radius 2 is 2.04 bits per heavy atom. The first-order valence-corrected chi connectivity index (χ1v) is 8.96. The first-order chi connectivity index (χ1) is 13.1. The number of benzene rings is 1. The van der Waals surface area contributed by atoms with Crippen LogP contribution in [0.2, 0.25) is 5.02 Å². The van der Waals surface area contributed by atoms with Gasteiger partial charge in [-0.15, -0.1) is 24.0 Å². The number of nitrogens with zero attached hydrogens (tertiary/aromatic N) is 3. The number of halogens is 2. The summed E-state index contributed by atoms with van der Waals surface area (Å²) >= 11 is 5.99. The lowest BCUT2D eigenvalue weighted by Gasteiger charge is -2.20. The van der Waals surface area contributed by atoms with E-state index >= 15 is 0 Å². The Morgan fingerprint density at radius 3 is 2.64 bits per heavy atom. The minimum Gasteiger partial charge on any atom is -0.383 e.